The summed E-state index contributed by atoms with van der Waals surface area (Å²) in [7, 11) is 0. The van der Waals surface area contributed by atoms with Crippen molar-refractivity contribution in [2.24, 2.45) is 0 Å². The van der Waals surface area contributed by atoms with E-state index in [1.807, 2.05) is 31.2 Å². The summed E-state index contributed by atoms with van der Waals surface area (Å²) < 4.78 is 7.18. The number of hydrogen-bond acceptors (Lipinski definition) is 3. The minimum absolute atomic E-state index is 0.0658. The Morgan fingerprint density at radius 3 is 2.84 bits per heavy atom. The summed E-state index contributed by atoms with van der Waals surface area (Å²) in [5.41, 5.74) is 2.89. The summed E-state index contributed by atoms with van der Waals surface area (Å²) in [5.74, 6) is -0.196. The van der Waals surface area contributed by atoms with Crippen molar-refractivity contribution in [3.05, 3.63) is 57.0 Å². The molecule has 2 aliphatic rings. The molecule has 130 valence electrons. The predicted molar refractivity (Wildman–Crippen MR) is 97.0 cm³/mol. The molecule has 1 aromatic carbocycles. The Kier molecular flexibility index (Phi) is 3.95. The van der Waals surface area contributed by atoms with E-state index >= 15 is 0 Å². The second-order valence-corrected chi connectivity index (χ2v) is 7.17. The van der Waals surface area contributed by atoms with Crippen molar-refractivity contribution in [3.63, 3.8) is 0 Å². The fourth-order valence-corrected chi connectivity index (χ4v) is 4.68. The Balaban J connectivity index is 1.99. The predicted octanol–water partition coefficient (Wildman–Crippen LogP) is 3.71. The van der Waals surface area contributed by atoms with Gasteiger partial charge >= 0.3 is 5.97 Å². The van der Waals surface area contributed by atoms with Crippen LogP contribution in [0.4, 0.5) is 0 Å². The number of hydrogen-bond donors (Lipinski definition) is 0. The summed E-state index contributed by atoms with van der Waals surface area (Å²) in [6, 6.07) is 9.22. The van der Waals surface area contributed by atoms with E-state index in [2.05, 4.69) is 0 Å². The third-order valence-corrected chi connectivity index (χ3v) is 5.81. The lowest BCUT2D eigenvalue weighted by atomic mass is 9.78. The average Bonchev–Trinajstić information content (AvgIpc) is 3.01. The highest BCUT2D eigenvalue weighted by Crippen LogP contribution is 2.48. The molecule has 2 heterocycles. The van der Waals surface area contributed by atoms with Crippen LogP contribution in [0.1, 0.15) is 37.4 Å². The zero-order valence-corrected chi connectivity index (χ0v) is 14.9. The Morgan fingerprint density at radius 2 is 2.08 bits per heavy atom. The van der Waals surface area contributed by atoms with E-state index < -0.39 is 5.41 Å². The van der Waals surface area contributed by atoms with Crippen LogP contribution in [0, 0.1) is 0 Å². The van der Waals surface area contributed by atoms with Crippen LogP contribution in [0.25, 0.3) is 11.1 Å². The van der Waals surface area contributed by atoms with Gasteiger partial charge in [0.15, 0.2) is 0 Å². The lowest BCUT2D eigenvalue weighted by Gasteiger charge is -2.34. The van der Waals surface area contributed by atoms with Crippen molar-refractivity contribution in [2.45, 2.75) is 44.6 Å². The second-order valence-electron chi connectivity index (χ2n) is 6.76. The lowest BCUT2D eigenvalue weighted by Crippen LogP contribution is -2.43. The first kappa shape index (κ1) is 16.4. The van der Waals surface area contributed by atoms with Gasteiger partial charge in [-0.3, -0.25) is 9.59 Å². The van der Waals surface area contributed by atoms with Gasteiger partial charge in [0.05, 0.1) is 6.61 Å². The molecule has 0 saturated carbocycles. The monoisotopic (exact) mass is 357 g/mol. The molecule has 1 aliphatic carbocycles. The molecule has 25 heavy (non-hydrogen) atoms. The molecule has 0 radical (unpaired) electrons. The first-order chi connectivity index (χ1) is 12.1. The first-order valence-corrected chi connectivity index (χ1v) is 9.15. The second kappa shape index (κ2) is 6.03. The van der Waals surface area contributed by atoms with Gasteiger partial charge in [-0.05, 0) is 49.8 Å². The van der Waals surface area contributed by atoms with Gasteiger partial charge in [0.1, 0.15) is 5.41 Å². The van der Waals surface area contributed by atoms with Crippen molar-refractivity contribution in [2.75, 3.05) is 6.61 Å². The fraction of sp³-hybridized carbons (Fsp3) is 0.400. The minimum atomic E-state index is -0.681. The molecule has 0 bridgehead atoms. The topological polar surface area (TPSA) is 48.3 Å². The third kappa shape index (κ3) is 2.35. The lowest BCUT2D eigenvalue weighted by molar-refractivity contribution is -0.151. The number of pyridine rings is 1. The fourth-order valence-electron chi connectivity index (χ4n) is 4.44. The molecule has 2 aromatic rings. The Morgan fingerprint density at radius 1 is 1.28 bits per heavy atom. The maximum atomic E-state index is 12.8. The molecule has 4 rings (SSSR count). The van der Waals surface area contributed by atoms with Gasteiger partial charge in [0.25, 0.3) is 5.56 Å². The Labute approximate surface area is 151 Å². The van der Waals surface area contributed by atoms with Gasteiger partial charge in [-0.1, -0.05) is 29.8 Å². The number of benzene rings is 1. The molecule has 1 unspecified atom stereocenters. The largest absolute Gasteiger partial charge is 0.465 e. The zero-order chi connectivity index (χ0) is 17.6. The number of ether oxygens (including phenoxy) is 1. The van der Waals surface area contributed by atoms with Gasteiger partial charge in [-0.2, -0.15) is 0 Å². The van der Waals surface area contributed by atoms with Crippen molar-refractivity contribution in [1.29, 1.82) is 0 Å². The Hall–Kier alpha value is -2.07. The van der Waals surface area contributed by atoms with Gasteiger partial charge in [0.2, 0.25) is 0 Å². The molecule has 0 spiro atoms. The van der Waals surface area contributed by atoms with Gasteiger partial charge in [-0.25, -0.2) is 0 Å². The summed E-state index contributed by atoms with van der Waals surface area (Å²) >= 11 is 6.38. The highest BCUT2D eigenvalue weighted by molar-refractivity contribution is 6.33. The van der Waals surface area contributed by atoms with Crippen molar-refractivity contribution < 1.29 is 9.53 Å². The van der Waals surface area contributed by atoms with Gasteiger partial charge < -0.3 is 9.30 Å². The molecule has 0 fully saturated rings. The summed E-state index contributed by atoms with van der Waals surface area (Å²) in [5, 5.41) is 0.618. The number of aromatic nitrogens is 1. The SMILES string of the molecule is CCOC(=O)C12CCCn3c1c(c(-c1ccccc1Cl)cc3=O)CC2. The molecule has 5 heteroatoms. The summed E-state index contributed by atoms with van der Waals surface area (Å²) in [4.78, 5) is 25.6. The highest BCUT2D eigenvalue weighted by atomic mass is 35.5. The number of halogens is 1. The maximum absolute atomic E-state index is 12.8. The van der Waals surface area contributed by atoms with E-state index in [4.69, 9.17) is 16.3 Å². The summed E-state index contributed by atoms with van der Waals surface area (Å²) in [6.07, 6.45) is 3.01. The molecule has 0 saturated heterocycles. The molecule has 1 atom stereocenters. The van der Waals surface area contributed by atoms with Gasteiger partial charge in [-0.15, -0.1) is 0 Å². The molecule has 1 aromatic heterocycles. The molecular formula is C20H20ClNO3. The van der Waals surface area contributed by atoms with E-state index in [0.29, 0.717) is 24.6 Å². The van der Waals surface area contributed by atoms with Crippen LogP contribution in [0.3, 0.4) is 0 Å². The number of rotatable bonds is 3. The molecular weight excluding hydrogens is 338 g/mol. The highest BCUT2D eigenvalue weighted by Gasteiger charge is 2.51. The molecule has 1 aliphatic heterocycles. The molecule has 0 amide bonds. The molecule has 4 nitrogen and oxygen atoms in total. The number of nitrogens with zero attached hydrogens (tertiary/aromatic N) is 1. The van der Waals surface area contributed by atoms with Crippen LogP contribution in [-0.2, 0) is 27.9 Å². The first-order valence-electron chi connectivity index (χ1n) is 8.78. The quantitative estimate of drug-likeness (QED) is 0.787. The van der Waals surface area contributed by atoms with Crippen molar-refractivity contribution in [3.8, 4) is 11.1 Å². The minimum Gasteiger partial charge on any atom is -0.465 e. The van der Waals surface area contributed by atoms with Crippen LogP contribution in [0.15, 0.2) is 35.1 Å². The Bertz CT molecular complexity index is 918. The average molecular weight is 358 g/mol. The third-order valence-electron chi connectivity index (χ3n) is 5.49. The molecule has 0 N–H and O–H groups in total. The standard InChI is InChI=1S/C20H20ClNO3/c1-2-25-19(24)20-9-5-11-22-17(23)12-15(14(8-10-20)18(20)22)13-6-3-4-7-16(13)21/h3-4,6-7,12H,2,5,8-11H2,1H3. The van der Waals surface area contributed by atoms with Crippen molar-refractivity contribution in [1.82, 2.24) is 4.57 Å². The summed E-state index contributed by atoms with van der Waals surface area (Å²) in [6.45, 7) is 2.83. The van der Waals surface area contributed by atoms with Crippen LogP contribution in [-0.4, -0.2) is 17.1 Å². The normalized spacial score (nSPS) is 21.0. The van der Waals surface area contributed by atoms with Crippen LogP contribution in [0.5, 0.6) is 0 Å². The number of esters is 1. The van der Waals surface area contributed by atoms with E-state index in [-0.39, 0.29) is 11.5 Å². The van der Waals surface area contributed by atoms with E-state index in [1.54, 1.807) is 10.6 Å². The smallest absolute Gasteiger partial charge is 0.318 e. The van der Waals surface area contributed by atoms with E-state index in [1.165, 1.54) is 0 Å². The zero-order valence-electron chi connectivity index (χ0n) is 14.2. The number of carbonyl (C=O) groups excluding carboxylic acids is 1. The van der Waals surface area contributed by atoms with Crippen LogP contribution >= 0.6 is 11.6 Å². The van der Waals surface area contributed by atoms with Crippen LogP contribution in [0.2, 0.25) is 5.02 Å². The maximum Gasteiger partial charge on any atom is 0.318 e. The van der Waals surface area contributed by atoms with Crippen molar-refractivity contribution >= 4 is 17.6 Å². The van der Waals surface area contributed by atoms with E-state index in [0.717, 1.165) is 41.6 Å². The number of carbonyl (C=O) groups is 1. The van der Waals surface area contributed by atoms with E-state index in [9.17, 15) is 9.59 Å². The van der Waals surface area contributed by atoms with Crippen LogP contribution < -0.4 is 5.56 Å². The van der Waals surface area contributed by atoms with Gasteiger partial charge in [0, 0.05) is 28.9 Å².